The molecule has 0 unspecified atom stereocenters. The topological polar surface area (TPSA) is 26.3 Å². The van der Waals surface area contributed by atoms with Gasteiger partial charge >= 0.3 is 0 Å². The third-order valence-electron chi connectivity index (χ3n) is 2.09. The second-order valence-corrected chi connectivity index (χ2v) is 4.10. The van der Waals surface area contributed by atoms with Gasteiger partial charge in [-0.05, 0) is 35.2 Å². The van der Waals surface area contributed by atoms with Crippen LogP contribution in [0, 0.1) is 0 Å². The Balaban J connectivity index is 2.54. The molecule has 0 amide bonds. The van der Waals surface area contributed by atoms with Crippen LogP contribution in [0.15, 0.2) is 24.3 Å². The van der Waals surface area contributed by atoms with E-state index in [2.05, 4.69) is 19.9 Å². The van der Waals surface area contributed by atoms with Crippen molar-refractivity contribution in [2.75, 3.05) is 6.61 Å². The van der Waals surface area contributed by atoms with E-state index < -0.39 is 0 Å². The zero-order valence-corrected chi connectivity index (χ0v) is 9.75. The molecule has 0 fully saturated rings. The SMILES string of the molecule is CC(C)c1cccc(OCCC(=O)Cl)c1. The fourth-order valence-corrected chi connectivity index (χ4v) is 1.29. The summed E-state index contributed by atoms with van der Waals surface area (Å²) in [4.78, 5) is 10.5. The quantitative estimate of drug-likeness (QED) is 0.720. The Morgan fingerprint density at radius 1 is 1.47 bits per heavy atom. The van der Waals surface area contributed by atoms with Gasteiger partial charge in [0, 0.05) is 0 Å². The summed E-state index contributed by atoms with van der Waals surface area (Å²) in [5.74, 6) is 1.27. The van der Waals surface area contributed by atoms with Gasteiger partial charge in [-0.25, -0.2) is 0 Å². The minimum absolute atomic E-state index is 0.244. The molecule has 0 aromatic heterocycles. The van der Waals surface area contributed by atoms with Crippen molar-refractivity contribution in [3.8, 4) is 5.75 Å². The summed E-state index contributed by atoms with van der Waals surface area (Å²) in [6.45, 7) is 4.59. The number of benzene rings is 1. The Morgan fingerprint density at radius 2 is 2.20 bits per heavy atom. The van der Waals surface area contributed by atoms with Crippen molar-refractivity contribution >= 4 is 16.8 Å². The molecule has 0 aliphatic rings. The number of rotatable bonds is 5. The van der Waals surface area contributed by atoms with Gasteiger partial charge in [-0.2, -0.15) is 0 Å². The zero-order valence-electron chi connectivity index (χ0n) is 9.00. The lowest BCUT2D eigenvalue weighted by atomic mass is 10.0. The highest BCUT2D eigenvalue weighted by Gasteiger charge is 2.01. The Labute approximate surface area is 95.2 Å². The van der Waals surface area contributed by atoms with Crippen LogP contribution in [0.2, 0.25) is 0 Å². The monoisotopic (exact) mass is 226 g/mol. The number of hydrogen-bond donors (Lipinski definition) is 0. The normalized spacial score (nSPS) is 10.4. The summed E-state index contributed by atoms with van der Waals surface area (Å²) in [5.41, 5.74) is 1.23. The molecule has 1 aromatic rings. The largest absolute Gasteiger partial charge is 0.493 e. The maximum absolute atomic E-state index is 10.5. The van der Waals surface area contributed by atoms with Crippen molar-refractivity contribution in [3.05, 3.63) is 29.8 Å². The van der Waals surface area contributed by atoms with Gasteiger partial charge in [0.2, 0.25) is 5.24 Å². The highest BCUT2D eigenvalue weighted by molar-refractivity contribution is 6.63. The maximum atomic E-state index is 10.5. The third kappa shape index (κ3) is 4.34. The molecule has 2 nitrogen and oxygen atoms in total. The molecule has 0 saturated heterocycles. The molecule has 82 valence electrons. The van der Waals surface area contributed by atoms with E-state index in [-0.39, 0.29) is 11.7 Å². The molecule has 1 rings (SSSR count). The maximum Gasteiger partial charge on any atom is 0.225 e. The third-order valence-corrected chi connectivity index (χ3v) is 2.28. The number of carbonyl (C=O) groups excluding carboxylic acids is 1. The highest BCUT2D eigenvalue weighted by Crippen LogP contribution is 2.20. The van der Waals surface area contributed by atoms with Crippen molar-refractivity contribution < 1.29 is 9.53 Å². The molecule has 0 bridgehead atoms. The molecule has 0 heterocycles. The summed E-state index contributed by atoms with van der Waals surface area (Å²) >= 11 is 5.21. The van der Waals surface area contributed by atoms with Gasteiger partial charge in [0.05, 0.1) is 13.0 Å². The predicted octanol–water partition coefficient (Wildman–Crippen LogP) is 3.34. The molecule has 0 radical (unpaired) electrons. The molecule has 0 N–H and O–H groups in total. The summed E-state index contributed by atoms with van der Waals surface area (Å²) in [6, 6.07) is 7.88. The van der Waals surface area contributed by atoms with E-state index in [1.54, 1.807) is 0 Å². The van der Waals surface area contributed by atoms with Crippen LogP contribution in [-0.2, 0) is 4.79 Å². The first kappa shape index (κ1) is 12.1. The Hall–Kier alpha value is -1.02. The van der Waals surface area contributed by atoms with E-state index in [0.717, 1.165) is 5.75 Å². The molecule has 0 saturated carbocycles. The first-order valence-electron chi connectivity index (χ1n) is 5.00. The Morgan fingerprint density at radius 3 is 2.80 bits per heavy atom. The Bertz CT molecular complexity index is 334. The molecule has 0 aliphatic heterocycles. The summed E-state index contributed by atoms with van der Waals surface area (Å²) in [6.07, 6.45) is 0.244. The van der Waals surface area contributed by atoms with E-state index in [1.807, 2.05) is 18.2 Å². The number of carbonyl (C=O) groups is 1. The fourth-order valence-electron chi connectivity index (χ4n) is 1.21. The lowest BCUT2D eigenvalue weighted by Gasteiger charge is -2.08. The molecule has 0 spiro atoms. The minimum atomic E-state index is -0.366. The van der Waals surface area contributed by atoms with Crippen LogP contribution in [0.4, 0.5) is 0 Å². The summed E-state index contributed by atoms with van der Waals surface area (Å²) < 4.78 is 5.40. The van der Waals surface area contributed by atoms with E-state index >= 15 is 0 Å². The molecule has 0 aliphatic carbocycles. The van der Waals surface area contributed by atoms with Crippen molar-refractivity contribution in [2.45, 2.75) is 26.2 Å². The molecular weight excluding hydrogens is 212 g/mol. The van der Waals surface area contributed by atoms with Crippen molar-refractivity contribution in [2.24, 2.45) is 0 Å². The first-order valence-corrected chi connectivity index (χ1v) is 5.38. The second kappa shape index (κ2) is 5.76. The van der Waals surface area contributed by atoms with Gasteiger partial charge in [-0.3, -0.25) is 4.79 Å². The number of halogens is 1. The van der Waals surface area contributed by atoms with E-state index in [0.29, 0.717) is 12.5 Å². The van der Waals surface area contributed by atoms with Crippen LogP contribution in [0.3, 0.4) is 0 Å². The van der Waals surface area contributed by atoms with Gasteiger partial charge in [0.15, 0.2) is 0 Å². The molecule has 3 heteroatoms. The van der Waals surface area contributed by atoms with Crippen molar-refractivity contribution in [1.82, 2.24) is 0 Å². The van der Waals surface area contributed by atoms with Gasteiger partial charge in [0.1, 0.15) is 5.75 Å². The Kier molecular flexibility index (Phi) is 4.63. The van der Waals surface area contributed by atoms with E-state index in [1.165, 1.54) is 5.56 Å². The van der Waals surface area contributed by atoms with Gasteiger partial charge in [-0.1, -0.05) is 26.0 Å². The summed E-state index contributed by atoms with van der Waals surface area (Å²) in [5, 5.41) is -0.366. The predicted molar refractivity (Wildman–Crippen MR) is 61.5 cm³/mol. The molecular formula is C12H15ClO2. The van der Waals surface area contributed by atoms with Crippen LogP contribution in [0.5, 0.6) is 5.75 Å². The average Bonchev–Trinajstić information content (AvgIpc) is 2.17. The lowest BCUT2D eigenvalue weighted by Crippen LogP contribution is -2.01. The van der Waals surface area contributed by atoms with Crippen LogP contribution in [0.1, 0.15) is 31.7 Å². The minimum Gasteiger partial charge on any atom is -0.493 e. The van der Waals surface area contributed by atoms with Crippen LogP contribution in [0.25, 0.3) is 0 Å². The highest BCUT2D eigenvalue weighted by atomic mass is 35.5. The van der Waals surface area contributed by atoms with E-state index in [9.17, 15) is 4.79 Å². The van der Waals surface area contributed by atoms with Gasteiger partial charge < -0.3 is 4.74 Å². The van der Waals surface area contributed by atoms with Crippen LogP contribution < -0.4 is 4.74 Å². The van der Waals surface area contributed by atoms with Gasteiger partial charge in [0.25, 0.3) is 0 Å². The summed E-state index contributed by atoms with van der Waals surface area (Å²) in [7, 11) is 0. The number of ether oxygens (including phenoxy) is 1. The fraction of sp³-hybridized carbons (Fsp3) is 0.417. The van der Waals surface area contributed by atoms with Crippen molar-refractivity contribution in [1.29, 1.82) is 0 Å². The zero-order chi connectivity index (χ0) is 11.3. The molecule has 0 atom stereocenters. The molecule has 15 heavy (non-hydrogen) atoms. The second-order valence-electron chi connectivity index (χ2n) is 3.68. The lowest BCUT2D eigenvalue weighted by molar-refractivity contribution is -0.112. The van der Waals surface area contributed by atoms with E-state index in [4.69, 9.17) is 16.3 Å². The molecule has 1 aromatic carbocycles. The van der Waals surface area contributed by atoms with Gasteiger partial charge in [-0.15, -0.1) is 0 Å². The van der Waals surface area contributed by atoms with Crippen LogP contribution >= 0.6 is 11.6 Å². The number of hydrogen-bond acceptors (Lipinski definition) is 2. The van der Waals surface area contributed by atoms with Crippen molar-refractivity contribution in [3.63, 3.8) is 0 Å². The smallest absolute Gasteiger partial charge is 0.225 e. The van der Waals surface area contributed by atoms with Crippen LogP contribution in [-0.4, -0.2) is 11.8 Å². The average molecular weight is 227 g/mol. The first-order chi connectivity index (χ1) is 7.09. The standard InChI is InChI=1S/C12H15ClO2/c1-9(2)10-4-3-5-11(8-10)15-7-6-12(13)14/h3-5,8-9H,6-7H2,1-2H3.